The fourth-order valence-electron chi connectivity index (χ4n) is 3.64. The molecule has 0 fully saturated rings. The third-order valence-corrected chi connectivity index (χ3v) is 5.10. The van der Waals surface area contributed by atoms with E-state index < -0.39 is 18.0 Å². The normalized spacial score (nSPS) is 11.4. The van der Waals surface area contributed by atoms with E-state index in [9.17, 15) is 9.59 Å². The summed E-state index contributed by atoms with van der Waals surface area (Å²) in [6, 6.07) is 30.7. The van der Waals surface area contributed by atoms with Crippen molar-refractivity contribution in [3.63, 3.8) is 0 Å². The van der Waals surface area contributed by atoms with Gasteiger partial charge >= 0.3 is 5.97 Å². The van der Waals surface area contributed by atoms with E-state index in [1.54, 1.807) is 48.5 Å². The number of carbonyl (C=O) groups excluding carboxylic acids is 2. The van der Waals surface area contributed by atoms with Gasteiger partial charge in [-0.3, -0.25) is 4.79 Å². The molecule has 170 valence electrons. The Labute approximate surface area is 199 Å². The van der Waals surface area contributed by atoms with E-state index in [0.29, 0.717) is 22.7 Å². The maximum absolute atomic E-state index is 13.2. The summed E-state index contributed by atoms with van der Waals surface area (Å²) in [7, 11) is 0. The van der Waals surface area contributed by atoms with Crippen LogP contribution in [0.4, 0.5) is 5.69 Å². The summed E-state index contributed by atoms with van der Waals surface area (Å²) in [6.45, 7) is 3.92. The van der Waals surface area contributed by atoms with E-state index in [0.717, 1.165) is 11.1 Å². The van der Waals surface area contributed by atoms with Gasteiger partial charge in [0.2, 0.25) is 6.10 Å². The predicted octanol–water partition coefficient (Wildman–Crippen LogP) is 6.63. The van der Waals surface area contributed by atoms with Crippen LogP contribution in [0.2, 0.25) is 0 Å². The lowest BCUT2D eigenvalue weighted by atomic mass is 10.1. The molecule has 0 aliphatic rings. The Balaban J connectivity index is 1.55. The summed E-state index contributed by atoms with van der Waals surface area (Å²) in [5, 5.41) is 2.88. The second kappa shape index (κ2) is 10.5. The Morgan fingerprint density at radius 3 is 2.00 bits per heavy atom. The zero-order chi connectivity index (χ0) is 23.9. The molecule has 0 aliphatic heterocycles. The van der Waals surface area contributed by atoms with Gasteiger partial charge in [0.15, 0.2) is 0 Å². The van der Waals surface area contributed by atoms with Crippen LogP contribution >= 0.6 is 0 Å². The fourth-order valence-corrected chi connectivity index (χ4v) is 3.64. The first-order valence-corrected chi connectivity index (χ1v) is 11.0. The van der Waals surface area contributed by atoms with Crippen LogP contribution in [-0.2, 0) is 9.53 Å². The van der Waals surface area contributed by atoms with Crippen molar-refractivity contribution >= 4 is 17.6 Å². The van der Waals surface area contributed by atoms with Crippen LogP contribution in [0.3, 0.4) is 0 Å². The zero-order valence-corrected chi connectivity index (χ0v) is 19.0. The maximum Gasteiger partial charge on any atom is 0.339 e. The minimum atomic E-state index is -1.12. The molecular formula is C29H25NO4. The molecule has 1 unspecified atom stereocenters. The second-order valence-corrected chi connectivity index (χ2v) is 8.00. The number of carbonyl (C=O) groups is 2. The highest BCUT2D eigenvalue weighted by Crippen LogP contribution is 2.25. The molecule has 0 aliphatic carbocycles. The number of ether oxygens (including phenoxy) is 2. The van der Waals surface area contributed by atoms with Crippen molar-refractivity contribution in [2.45, 2.75) is 20.0 Å². The van der Waals surface area contributed by atoms with Crippen molar-refractivity contribution in [3.05, 3.63) is 125 Å². The molecule has 1 atom stereocenters. The first-order chi connectivity index (χ1) is 16.5. The second-order valence-electron chi connectivity index (χ2n) is 8.00. The Hall–Kier alpha value is -4.38. The molecule has 0 saturated heterocycles. The lowest BCUT2D eigenvalue weighted by Gasteiger charge is -2.19. The highest BCUT2D eigenvalue weighted by Gasteiger charge is 2.26. The number of benzene rings is 4. The smallest absolute Gasteiger partial charge is 0.339 e. The van der Waals surface area contributed by atoms with Gasteiger partial charge in [-0.05, 0) is 67.4 Å². The van der Waals surface area contributed by atoms with E-state index in [4.69, 9.17) is 9.47 Å². The number of amides is 1. The number of anilines is 1. The molecule has 4 aromatic rings. The number of nitrogens with one attached hydrogen (secondary N) is 1. The quantitative estimate of drug-likeness (QED) is 0.320. The van der Waals surface area contributed by atoms with Crippen molar-refractivity contribution in [2.75, 3.05) is 5.32 Å². The van der Waals surface area contributed by atoms with Crippen LogP contribution in [0.25, 0.3) is 0 Å². The van der Waals surface area contributed by atoms with Gasteiger partial charge in [0.1, 0.15) is 11.5 Å². The fraction of sp³-hybridized carbons (Fsp3) is 0.103. The van der Waals surface area contributed by atoms with E-state index in [2.05, 4.69) is 5.32 Å². The number of hydrogen-bond donors (Lipinski definition) is 1. The monoisotopic (exact) mass is 451 g/mol. The molecule has 0 heterocycles. The predicted molar refractivity (Wildman–Crippen MR) is 132 cm³/mol. The highest BCUT2D eigenvalue weighted by molar-refractivity contribution is 5.98. The van der Waals surface area contributed by atoms with Gasteiger partial charge in [0.25, 0.3) is 5.91 Å². The molecule has 0 spiro atoms. The van der Waals surface area contributed by atoms with Crippen molar-refractivity contribution in [2.24, 2.45) is 0 Å². The zero-order valence-electron chi connectivity index (χ0n) is 19.0. The molecule has 4 aromatic carbocycles. The third kappa shape index (κ3) is 5.90. The van der Waals surface area contributed by atoms with Gasteiger partial charge in [-0.1, -0.05) is 60.7 Å². The van der Waals surface area contributed by atoms with Crippen molar-refractivity contribution in [1.82, 2.24) is 0 Å². The lowest BCUT2D eigenvalue weighted by Crippen LogP contribution is -2.26. The van der Waals surface area contributed by atoms with E-state index in [1.807, 2.05) is 68.4 Å². The standard InChI is InChI=1S/C29H25NO4/c1-20-16-21(2)18-24(17-20)30-28(31)27(22-10-5-3-6-11-22)34-29(32)23-12-9-15-26(19-23)33-25-13-7-4-8-14-25/h3-19,27H,1-2H3,(H,30,31). The van der Waals surface area contributed by atoms with E-state index in [1.165, 1.54) is 0 Å². The van der Waals surface area contributed by atoms with Crippen LogP contribution in [0, 0.1) is 13.8 Å². The van der Waals surface area contributed by atoms with E-state index >= 15 is 0 Å². The van der Waals surface area contributed by atoms with Crippen LogP contribution in [0.15, 0.2) is 103 Å². The summed E-state index contributed by atoms with van der Waals surface area (Å²) in [5.41, 5.74) is 3.57. The lowest BCUT2D eigenvalue weighted by molar-refractivity contribution is -0.125. The maximum atomic E-state index is 13.2. The Kier molecular flexibility index (Phi) is 7.04. The molecule has 0 radical (unpaired) electrons. The van der Waals surface area contributed by atoms with Crippen LogP contribution < -0.4 is 10.1 Å². The number of aryl methyl sites for hydroxylation is 2. The molecule has 0 saturated carbocycles. The number of rotatable bonds is 7. The summed E-state index contributed by atoms with van der Waals surface area (Å²) in [4.78, 5) is 26.2. The Morgan fingerprint density at radius 2 is 1.32 bits per heavy atom. The average Bonchev–Trinajstić information content (AvgIpc) is 2.83. The van der Waals surface area contributed by atoms with Gasteiger partial charge in [-0.2, -0.15) is 0 Å². The molecule has 0 aromatic heterocycles. The summed E-state index contributed by atoms with van der Waals surface area (Å²) in [5.74, 6) is 0.101. The molecule has 5 nitrogen and oxygen atoms in total. The molecule has 1 amide bonds. The largest absolute Gasteiger partial charge is 0.457 e. The molecule has 0 bridgehead atoms. The minimum absolute atomic E-state index is 0.286. The first-order valence-electron chi connectivity index (χ1n) is 11.0. The van der Waals surface area contributed by atoms with Crippen molar-refractivity contribution in [1.29, 1.82) is 0 Å². The number of esters is 1. The SMILES string of the molecule is Cc1cc(C)cc(NC(=O)C(OC(=O)c2cccc(Oc3ccccc3)c2)c2ccccc2)c1. The molecule has 34 heavy (non-hydrogen) atoms. The third-order valence-electron chi connectivity index (χ3n) is 5.10. The van der Waals surface area contributed by atoms with Crippen LogP contribution in [-0.4, -0.2) is 11.9 Å². The molecular weight excluding hydrogens is 426 g/mol. The highest BCUT2D eigenvalue weighted by atomic mass is 16.5. The van der Waals surface area contributed by atoms with Gasteiger partial charge < -0.3 is 14.8 Å². The first kappa shape index (κ1) is 22.8. The van der Waals surface area contributed by atoms with Gasteiger partial charge in [0, 0.05) is 11.3 Å². The summed E-state index contributed by atoms with van der Waals surface area (Å²) < 4.78 is 11.5. The topological polar surface area (TPSA) is 64.6 Å². The molecule has 1 N–H and O–H groups in total. The Bertz CT molecular complexity index is 1270. The molecule has 4 rings (SSSR count). The number of hydrogen-bond acceptors (Lipinski definition) is 4. The minimum Gasteiger partial charge on any atom is -0.457 e. The van der Waals surface area contributed by atoms with Crippen molar-refractivity contribution in [3.8, 4) is 11.5 Å². The van der Waals surface area contributed by atoms with Crippen molar-refractivity contribution < 1.29 is 19.1 Å². The molecule has 5 heteroatoms. The van der Waals surface area contributed by atoms with E-state index in [-0.39, 0.29) is 5.56 Å². The Morgan fingerprint density at radius 1 is 0.706 bits per heavy atom. The summed E-state index contributed by atoms with van der Waals surface area (Å²) in [6.07, 6.45) is -1.12. The van der Waals surface area contributed by atoms with Gasteiger partial charge in [-0.25, -0.2) is 4.79 Å². The number of para-hydroxylation sites is 1. The van der Waals surface area contributed by atoms with Crippen LogP contribution in [0.1, 0.15) is 33.2 Å². The average molecular weight is 452 g/mol. The van der Waals surface area contributed by atoms with Gasteiger partial charge in [-0.15, -0.1) is 0 Å². The van der Waals surface area contributed by atoms with Crippen LogP contribution in [0.5, 0.6) is 11.5 Å². The van der Waals surface area contributed by atoms with Gasteiger partial charge in [0.05, 0.1) is 5.56 Å². The summed E-state index contributed by atoms with van der Waals surface area (Å²) >= 11 is 0.